The van der Waals surface area contributed by atoms with Gasteiger partial charge in [-0.25, -0.2) is 9.59 Å². The van der Waals surface area contributed by atoms with Gasteiger partial charge in [0.15, 0.2) is 11.6 Å². The summed E-state index contributed by atoms with van der Waals surface area (Å²) in [5.74, 6) is -2.78. The molecule has 1 saturated heterocycles. The van der Waals surface area contributed by atoms with E-state index in [0.717, 1.165) is 69.4 Å². The summed E-state index contributed by atoms with van der Waals surface area (Å²) in [4.78, 5) is 22.8. The van der Waals surface area contributed by atoms with Crippen molar-refractivity contribution in [2.75, 3.05) is 26.7 Å². The van der Waals surface area contributed by atoms with E-state index in [1.165, 1.54) is 11.1 Å². The second kappa shape index (κ2) is 13.6. The summed E-state index contributed by atoms with van der Waals surface area (Å²) in [5, 5.41) is 23.3. The molecule has 0 saturated carbocycles. The Morgan fingerprint density at radius 1 is 0.930 bits per heavy atom. The topological polar surface area (TPSA) is 125 Å². The van der Waals surface area contributed by atoms with E-state index in [-0.39, 0.29) is 5.54 Å². The molecule has 0 radical (unpaired) electrons. The molecule has 0 amide bonds. The second-order valence-electron chi connectivity index (χ2n) is 10.2. The van der Waals surface area contributed by atoms with Crippen LogP contribution in [0, 0.1) is 0 Å². The number of carbonyl (C=O) groups is 2. The number of nitrogens with zero attached hydrogens (tertiary/aromatic N) is 5. The number of carboxylic acid groups (broad SMARTS) is 2. The van der Waals surface area contributed by atoms with Crippen LogP contribution in [0.1, 0.15) is 36.7 Å². The number of fused-ring (bicyclic) bond motifs is 2. The zero-order valence-corrected chi connectivity index (χ0v) is 23.3. The van der Waals surface area contributed by atoms with Gasteiger partial charge in [-0.05, 0) is 49.6 Å². The highest BCUT2D eigenvalue weighted by Gasteiger charge is 2.44. The van der Waals surface area contributed by atoms with Gasteiger partial charge < -0.3 is 14.6 Å². The zero-order chi connectivity index (χ0) is 32.0. The standard InChI is InChI=1S/C23H29N5O.2C2HF3O2/c1-3-18-6-8-19(9-7-18)15-27-12-10-23(11-13-27)17-26(2)16-21-24-25-22(28(21)23)20-5-4-14-29-20;2*3-2(4,5)1(6)7/h4-9,14H,3,10-13,15-17H2,1-2H3;2*(H,6,7). The Morgan fingerprint density at radius 2 is 1.47 bits per heavy atom. The van der Waals surface area contributed by atoms with Crippen LogP contribution in [0.4, 0.5) is 26.3 Å². The first-order valence-electron chi connectivity index (χ1n) is 13.1. The first-order chi connectivity index (χ1) is 20.1. The highest BCUT2D eigenvalue weighted by Crippen LogP contribution is 2.39. The Labute approximate surface area is 242 Å². The van der Waals surface area contributed by atoms with Gasteiger partial charge in [0.2, 0.25) is 0 Å². The fraction of sp³-hybridized carbons (Fsp3) is 0.481. The van der Waals surface area contributed by atoms with Gasteiger partial charge in [0.25, 0.3) is 0 Å². The van der Waals surface area contributed by atoms with Crippen LogP contribution in [0.2, 0.25) is 0 Å². The molecule has 1 fully saturated rings. The monoisotopic (exact) mass is 619 g/mol. The number of rotatable bonds is 4. The van der Waals surface area contributed by atoms with Gasteiger partial charge in [0, 0.05) is 26.2 Å². The molecule has 236 valence electrons. The van der Waals surface area contributed by atoms with Crippen molar-refractivity contribution < 1.29 is 50.6 Å². The van der Waals surface area contributed by atoms with Crippen molar-refractivity contribution in [3.05, 3.63) is 59.6 Å². The molecule has 43 heavy (non-hydrogen) atoms. The lowest BCUT2D eigenvalue weighted by Gasteiger charge is -2.48. The molecule has 1 spiro atoms. The Balaban J connectivity index is 0.000000303. The second-order valence-corrected chi connectivity index (χ2v) is 10.2. The molecule has 2 aliphatic rings. The molecule has 2 N–H and O–H groups in total. The summed E-state index contributed by atoms with van der Waals surface area (Å²) in [6.45, 7) is 7.26. The maximum atomic E-state index is 10.6. The summed E-state index contributed by atoms with van der Waals surface area (Å²) in [6, 6.07) is 13.0. The molecule has 3 aromatic rings. The Hall–Kier alpha value is -3.92. The minimum Gasteiger partial charge on any atom is -0.475 e. The fourth-order valence-corrected chi connectivity index (χ4v) is 5.00. The number of aromatic nitrogens is 3. The third-order valence-electron chi connectivity index (χ3n) is 7.03. The van der Waals surface area contributed by atoms with Gasteiger partial charge in [-0.2, -0.15) is 26.3 Å². The van der Waals surface area contributed by atoms with Crippen molar-refractivity contribution in [1.29, 1.82) is 0 Å². The summed E-state index contributed by atoms with van der Waals surface area (Å²) in [7, 11) is 2.19. The molecular weight excluding hydrogens is 588 g/mol. The number of hydrogen-bond acceptors (Lipinski definition) is 7. The Bertz CT molecular complexity index is 1320. The minimum absolute atomic E-state index is 0.0382. The molecule has 1 aromatic carbocycles. The Kier molecular flexibility index (Phi) is 10.6. The number of alkyl halides is 6. The number of aliphatic carboxylic acids is 2. The van der Waals surface area contributed by atoms with Crippen molar-refractivity contribution in [2.45, 2.75) is 57.2 Å². The van der Waals surface area contributed by atoms with Crippen molar-refractivity contribution in [2.24, 2.45) is 0 Å². The predicted octanol–water partition coefficient (Wildman–Crippen LogP) is 4.80. The molecule has 16 heteroatoms. The molecule has 0 bridgehead atoms. The molecule has 5 rings (SSSR count). The summed E-state index contributed by atoms with van der Waals surface area (Å²) in [6.07, 6.45) is -5.16. The molecule has 2 aromatic heterocycles. The van der Waals surface area contributed by atoms with Crippen LogP contribution in [0.3, 0.4) is 0 Å². The fourth-order valence-electron chi connectivity index (χ4n) is 5.00. The van der Waals surface area contributed by atoms with Crippen LogP contribution >= 0.6 is 0 Å². The van der Waals surface area contributed by atoms with Crippen LogP contribution in [-0.2, 0) is 34.6 Å². The van der Waals surface area contributed by atoms with E-state index < -0.39 is 24.3 Å². The van der Waals surface area contributed by atoms with E-state index in [4.69, 9.17) is 24.2 Å². The van der Waals surface area contributed by atoms with E-state index in [1.54, 1.807) is 6.26 Å². The molecule has 10 nitrogen and oxygen atoms in total. The van der Waals surface area contributed by atoms with Crippen LogP contribution in [0.15, 0.2) is 47.1 Å². The number of likely N-dealkylation sites (N-methyl/N-ethyl adjacent to an activating group) is 1. The normalized spacial score (nSPS) is 16.8. The van der Waals surface area contributed by atoms with E-state index in [9.17, 15) is 26.3 Å². The van der Waals surface area contributed by atoms with E-state index in [2.05, 4.69) is 62.8 Å². The van der Waals surface area contributed by atoms with Crippen molar-refractivity contribution >= 4 is 11.9 Å². The number of halogens is 6. The number of aryl methyl sites for hydroxylation is 1. The van der Waals surface area contributed by atoms with Crippen molar-refractivity contribution in [3.8, 4) is 11.6 Å². The molecule has 0 aliphatic carbocycles. The van der Waals surface area contributed by atoms with Gasteiger partial charge in [0.05, 0.1) is 18.3 Å². The first kappa shape index (κ1) is 33.6. The summed E-state index contributed by atoms with van der Waals surface area (Å²) in [5.41, 5.74) is 2.85. The number of benzene rings is 1. The molecule has 0 unspecified atom stereocenters. The molecular formula is C27H31F6N5O5. The third-order valence-corrected chi connectivity index (χ3v) is 7.03. The lowest BCUT2D eigenvalue weighted by atomic mass is 9.84. The zero-order valence-electron chi connectivity index (χ0n) is 23.3. The number of likely N-dealkylation sites (tertiary alicyclic amines) is 1. The quantitative estimate of drug-likeness (QED) is 0.396. The average molecular weight is 620 g/mol. The van der Waals surface area contributed by atoms with Gasteiger partial charge >= 0.3 is 24.3 Å². The SMILES string of the molecule is CCc1ccc(CN2CCC3(CC2)CN(C)Cc2nnc(-c4ccco4)n23)cc1.O=C(O)C(F)(F)F.O=C(O)C(F)(F)F. The van der Waals surface area contributed by atoms with Crippen LogP contribution < -0.4 is 0 Å². The lowest BCUT2D eigenvalue weighted by molar-refractivity contribution is -0.193. The van der Waals surface area contributed by atoms with Gasteiger partial charge in [-0.3, -0.25) is 14.4 Å². The molecule has 4 heterocycles. The number of furan rings is 1. The highest BCUT2D eigenvalue weighted by molar-refractivity contribution is 5.73. The van der Waals surface area contributed by atoms with Gasteiger partial charge in [0.1, 0.15) is 5.82 Å². The van der Waals surface area contributed by atoms with E-state index in [0.29, 0.717) is 0 Å². The summed E-state index contributed by atoms with van der Waals surface area (Å²) >= 11 is 0. The number of carboxylic acids is 2. The Morgan fingerprint density at radius 3 is 1.93 bits per heavy atom. The lowest BCUT2D eigenvalue weighted by Crippen LogP contribution is -2.55. The van der Waals surface area contributed by atoms with E-state index in [1.807, 2.05) is 12.1 Å². The van der Waals surface area contributed by atoms with Crippen molar-refractivity contribution in [1.82, 2.24) is 24.6 Å². The van der Waals surface area contributed by atoms with Gasteiger partial charge in [-0.1, -0.05) is 31.2 Å². The maximum Gasteiger partial charge on any atom is 0.490 e. The summed E-state index contributed by atoms with van der Waals surface area (Å²) < 4.78 is 71.5. The van der Waals surface area contributed by atoms with Crippen molar-refractivity contribution in [3.63, 3.8) is 0 Å². The predicted molar refractivity (Wildman–Crippen MR) is 140 cm³/mol. The van der Waals surface area contributed by atoms with Crippen LogP contribution in [0.25, 0.3) is 11.6 Å². The number of piperidine rings is 1. The van der Waals surface area contributed by atoms with Gasteiger partial charge in [-0.15, -0.1) is 10.2 Å². The highest BCUT2D eigenvalue weighted by atomic mass is 19.4. The third kappa shape index (κ3) is 8.79. The number of hydrogen-bond donors (Lipinski definition) is 2. The average Bonchev–Trinajstić information content (AvgIpc) is 3.61. The largest absolute Gasteiger partial charge is 0.490 e. The maximum absolute atomic E-state index is 10.6. The molecule has 2 aliphatic heterocycles. The first-order valence-corrected chi connectivity index (χ1v) is 13.1. The smallest absolute Gasteiger partial charge is 0.475 e. The van der Waals surface area contributed by atoms with Crippen LogP contribution in [-0.4, -0.2) is 85.8 Å². The van der Waals surface area contributed by atoms with E-state index >= 15 is 0 Å². The van der Waals surface area contributed by atoms with Crippen LogP contribution in [0.5, 0.6) is 0 Å². The molecule has 0 atom stereocenters. The minimum atomic E-state index is -5.08.